The second-order valence-electron chi connectivity index (χ2n) is 3.19. The molecule has 1 heterocycles. The minimum atomic E-state index is 0.943. The van der Waals surface area contributed by atoms with Gasteiger partial charge in [-0.2, -0.15) is 0 Å². The van der Waals surface area contributed by atoms with Crippen LogP contribution in [0.1, 0.15) is 10.4 Å². The molecule has 0 spiro atoms. The Kier molecular flexibility index (Phi) is 3.38. The number of halogens is 1. The maximum Gasteiger partial charge on any atom is 0.182 e. The molecule has 2 nitrogen and oxygen atoms in total. The first-order chi connectivity index (χ1) is 7.28. The van der Waals surface area contributed by atoms with Crippen LogP contribution >= 0.6 is 27.3 Å². The number of nitrogens with one attached hydrogen (secondary N) is 1. The second kappa shape index (κ2) is 4.77. The van der Waals surface area contributed by atoms with Crippen LogP contribution in [0.3, 0.4) is 0 Å². The quantitative estimate of drug-likeness (QED) is 0.932. The molecule has 0 unspecified atom stereocenters. The van der Waals surface area contributed by atoms with E-state index in [-0.39, 0.29) is 0 Å². The fourth-order valence-corrected chi connectivity index (χ4v) is 2.60. The highest BCUT2D eigenvalue weighted by Gasteiger charge is 2.01. The Morgan fingerprint density at radius 2 is 2.33 bits per heavy atom. The number of hydrogen-bond acceptors (Lipinski definition) is 3. The van der Waals surface area contributed by atoms with Crippen molar-refractivity contribution in [2.45, 2.75) is 6.42 Å². The minimum Gasteiger partial charge on any atom is -0.365 e. The maximum absolute atomic E-state index is 4.25. The number of thiazole rings is 1. The lowest BCUT2D eigenvalue weighted by Crippen LogP contribution is -1.83. The minimum absolute atomic E-state index is 0.943. The summed E-state index contributed by atoms with van der Waals surface area (Å²) in [5.74, 6) is 0. The average molecular weight is 283 g/mol. The summed E-state index contributed by atoms with van der Waals surface area (Å²) < 4.78 is 1.12. The highest BCUT2D eigenvalue weighted by molar-refractivity contribution is 9.10. The lowest BCUT2D eigenvalue weighted by molar-refractivity contribution is 1.21. The van der Waals surface area contributed by atoms with Crippen molar-refractivity contribution in [3.05, 3.63) is 45.4 Å². The third kappa shape index (κ3) is 2.79. The lowest BCUT2D eigenvalue weighted by atomic mass is 10.1. The summed E-state index contributed by atoms with van der Waals surface area (Å²) in [6.45, 7) is 0. The van der Waals surface area contributed by atoms with Gasteiger partial charge in [-0.3, -0.25) is 0 Å². The molecule has 0 radical (unpaired) electrons. The molecule has 0 aliphatic rings. The van der Waals surface area contributed by atoms with E-state index in [0.29, 0.717) is 0 Å². The number of benzene rings is 1. The van der Waals surface area contributed by atoms with Crippen LogP contribution in [0.5, 0.6) is 0 Å². The third-order valence-electron chi connectivity index (χ3n) is 2.03. The topological polar surface area (TPSA) is 24.9 Å². The fourth-order valence-electron chi connectivity index (χ4n) is 1.35. The molecule has 2 aromatic rings. The zero-order chi connectivity index (χ0) is 10.7. The number of aromatic nitrogens is 1. The van der Waals surface area contributed by atoms with Crippen LogP contribution in [0, 0.1) is 0 Å². The molecule has 0 saturated heterocycles. The Hall–Kier alpha value is -0.870. The van der Waals surface area contributed by atoms with Crippen LogP contribution in [0.25, 0.3) is 0 Å². The van der Waals surface area contributed by atoms with Gasteiger partial charge in [0.1, 0.15) is 0 Å². The molecule has 1 aromatic carbocycles. The maximum atomic E-state index is 4.25. The van der Waals surface area contributed by atoms with Crippen molar-refractivity contribution < 1.29 is 0 Å². The summed E-state index contributed by atoms with van der Waals surface area (Å²) in [4.78, 5) is 5.52. The second-order valence-corrected chi connectivity index (χ2v) is 5.22. The first-order valence-corrected chi connectivity index (χ1v) is 6.26. The predicted octanol–water partition coefficient (Wildman–Crippen LogP) is 3.54. The van der Waals surface area contributed by atoms with E-state index in [2.05, 4.69) is 44.4 Å². The van der Waals surface area contributed by atoms with Gasteiger partial charge in [-0.15, -0.1) is 11.3 Å². The molecule has 2 rings (SSSR count). The normalized spacial score (nSPS) is 10.3. The van der Waals surface area contributed by atoms with E-state index in [0.717, 1.165) is 16.0 Å². The highest BCUT2D eigenvalue weighted by atomic mass is 79.9. The van der Waals surface area contributed by atoms with E-state index < -0.39 is 0 Å². The van der Waals surface area contributed by atoms with Crippen LogP contribution in [-0.4, -0.2) is 12.0 Å². The van der Waals surface area contributed by atoms with Crippen molar-refractivity contribution in [2.75, 3.05) is 12.4 Å². The fraction of sp³-hybridized carbons (Fsp3) is 0.182. The number of rotatable bonds is 3. The van der Waals surface area contributed by atoms with Gasteiger partial charge in [-0.05, 0) is 17.7 Å². The van der Waals surface area contributed by atoms with Crippen molar-refractivity contribution in [3.63, 3.8) is 0 Å². The summed E-state index contributed by atoms with van der Waals surface area (Å²) in [6, 6.07) is 8.36. The standard InChI is InChI=1S/C11H11BrN2S/c1-13-11-14-7-10(15-11)6-8-3-2-4-9(12)5-8/h2-5,7H,6H2,1H3,(H,13,14). The number of nitrogens with zero attached hydrogens (tertiary/aromatic N) is 1. The van der Waals surface area contributed by atoms with E-state index >= 15 is 0 Å². The predicted molar refractivity (Wildman–Crippen MR) is 68.6 cm³/mol. The van der Waals surface area contributed by atoms with Crippen LogP contribution in [0.4, 0.5) is 5.13 Å². The van der Waals surface area contributed by atoms with E-state index in [1.54, 1.807) is 11.3 Å². The van der Waals surface area contributed by atoms with Crippen molar-refractivity contribution in [3.8, 4) is 0 Å². The zero-order valence-corrected chi connectivity index (χ0v) is 10.7. The van der Waals surface area contributed by atoms with Gasteiger partial charge in [-0.25, -0.2) is 4.98 Å². The van der Waals surface area contributed by atoms with Crippen LogP contribution < -0.4 is 5.32 Å². The van der Waals surface area contributed by atoms with Gasteiger partial charge >= 0.3 is 0 Å². The molecule has 78 valence electrons. The van der Waals surface area contributed by atoms with Gasteiger partial charge in [0.2, 0.25) is 0 Å². The lowest BCUT2D eigenvalue weighted by Gasteiger charge is -1.98. The van der Waals surface area contributed by atoms with Crippen LogP contribution in [0.15, 0.2) is 34.9 Å². The van der Waals surface area contributed by atoms with Gasteiger partial charge < -0.3 is 5.32 Å². The van der Waals surface area contributed by atoms with Crippen LogP contribution in [0.2, 0.25) is 0 Å². The first-order valence-electron chi connectivity index (χ1n) is 4.65. The van der Waals surface area contributed by atoms with Crippen LogP contribution in [-0.2, 0) is 6.42 Å². The molecule has 0 amide bonds. The first kappa shape index (κ1) is 10.6. The van der Waals surface area contributed by atoms with Gasteiger partial charge in [0, 0.05) is 29.0 Å². The summed E-state index contributed by atoms with van der Waals surface area (Å²) in [5, 5.41) is 4.01. The van der Waals surface area contributed by atoms with E-state index in [9.17, 15) is 0 Å². The molecule has 4 heteroatoms. The number of anilines is 1. The Balaban J connectivity index is 2.14. The van der Waals surface area contributed by atoms with Crippen molar-refractivity contribution in [2.24, 2.45) is 0 Å². The van der Waals surface area contributed by atoms with Gasteiger partial charge in [0.25, 0.3) is 0 Å². The molecular weight excluding hydrogens is 272 g/mol. The van der Waals surface area contributed by atoms with E-state index in [4.69, 9.17) is 0 Å². The Morgan fingerprint density at radius 1 is 1.47 bits per heavy atom. The van der Waals surface area contributed by atoms with Crippen molar-refractivity contribution in [1.29, 1.82) is 0 Å². The molecule has 0 aliphatic heterocycles. The van der Waals surface area contributed by atoms with Gasteiger partial charge in [0.05, 0.1) is 0 Å². The molecule has 0 bridgehead atoms. The third-order valence-corrected chi connectivity index (χ3v) is 3.54. The number of hydrogen-bond donors (Lipinski definition) is 1. The molecule has 15 heavy (non-hydrogen) atoms. The monoisotopic (exact) mass is 282 g/mol. The highest BCUT2D eigenvalue weighted by Crippen LogP contribution is 2.21. The molecule has 1 aromatic heterocycles. The Bertz CT molecular complexity index is 453. The molecule has 0 aliphatic carbocycles. The van der Waals surface area contributed by atoms with E-state index in [1.807, 2.05) is 19.3 Å². The van der Waals surface area contributed by atoms with Gasteiger partial charge in [-0.1, -0.05) is 28.1 Å². The van der Waals surface area contributed by atoms with Crippen molar-refractivity contribution in [1.82, 2.24) is 4.98 Å². The molecular formula is C11H11BrN2S. The van der Waals surface area contributed by atoms with E-state index in [1.165, 1.54) is 10.4 Å². The Morgan fingerprint density at radius 3 is 3.00 bits per heavy atom. The molecule has 0 saturated carbocycles. The zero-order valence-electron chi connectivity index (χ0n) is 8.33. The smallest absolute Gasteiger partial charge is 0.182 e. The summed E-state index contributed by atoms with van der Waals surface area (Å²) in [7, 11) is 1.89. The SMILES string of the molecule is CNc1ncc(Cc2cccc(Br)c2)s1. The summed E-state index contributed by atoms with van der Waals surface area (Å²) >= 11 is 5.17. The largest absolute Gasteiger partial charge is 0.365 e. The summed E-state index contributed by atoms with van der Waals surface area (Å²) in [5.41, 5.74) is 1.30. The molecule has 0 atom stereocenters. The average Bonchev–Trinajstić information content (AvgIpc) is 2.65. The van der Waals surface area contributed by atoms with Crippen molar-refractivity contribution >= 4 is 32.4 Å². The molecule has 1 N–H and O–H groups in total. The summed E-state index contributed by atoms with van der Waals surface area (Å²) in [6.07, 6.45) is 2.87. The molecule has 0 fully saturated rings. The Labute approximate surface area is 101 Å². The van der Waals surface area contributed by atoms with Gasteiger partial charge in [0.15, 0.2) is 5.13 Å².